The van der Waals surface area contributed by atoms with Crippen LogP contribution in [0.5, 0.6) is 0 Å². The summed E-state index contributed by atoms with van der Waals surface area (Å²) in [5.74, 6) is 0.905. The van der Waals surface area contributed by atoms with Crippen LogP contribution >= 0.6 is 0 Å². The molecule has 2 atom stereocenters. The van der Waals surface area contributed by atoms with E-state index in [0.717, 1.165) is 6.42 Å². The van der Waals surface area contributed by atoms with Gasteiger partial charge in [0.05, 0.1) is 17.6 Å². The van der Waals surface area contributed by atoms with Gasteiger partial charge in [-0.3, -0.25) is 10.1 Å². The maximum atomic E-state index is 11.3. The van der Waals surface area contributed by atoms with Gasteiger partial charge in [0.2, 0.25) is 11.8 Å². The van der Waals surface area contributed by atoms with E-state index in [4.69, 9.17) is 0 Å². The van der Waals surface area contributed by atoms with Gasteiger partial charge in [-0.25, -0.2) is 4.98 Å². The van der Waals surface area contributed by atoms with Gasteiger partial charge in [0.25, 0.3) is 0 Å². The second kappa shape index (κ2) is 5.58. The molecule has 2 N–H and O–H groups in total. The van der Waals surface area contributed by atoms with Gasteiger partial charge in [0.1, 0.15) is 5.69 Å². The van der Waals surface area contributed by atoms with Gasteiger partial charge in [0, 0.05) is 13.6 Å². The second-order valence-corrected chi connectivity index (χ2v) is 5.02. The highest BCUT2D eigenvalue weighted by molar-refractivity contribution is 5.63. The molecule has 0 spiro atoms. The highest BCUT2D eigenvalue weighted by Crippen LogP contribution is 2.36. The van der Waals surface area contributed by atoms with E-state index in [0.29, 0.717) is 18.2 Å². The van der Waals surface area contributed by atoms with E-state index in [9.17, 15) is 15.2 Å². The number of aryl methyl sites for hydroxylation is 1. The molecule has 0 bridgehead atoms. The molecule has 1 aliphatic heterocycles. The van der Waals surface area contributed by atoms with Crippen LogP contribution in [0, 0.1) is 23.0 Å². The van der Waals surface area contributed by atoms with Gasteiger partial charge in [-0.1, -0.05) is 6.92 Å². The molecular formula is C12H19N5O3. The third kappa shape index (κ3) is 2.38. The summed E-state index contributed by atoms with van der Waals surface area (Å²) in [5.41, 5.74) is 0.233. The number of aliphatic hydroxyl groups is 1. The van der Waals surface area contributed by atoms with Crippen molar-refractivity contribution in [1.82, 2.24) is 9.97 Å². The van der Waals surface area contributed by atoms with Crippen molar-refractivity contribution in [3.8, 4) is 0 Å². The van der Waals surface area contributed by atoms with E-state index < -0.39 is 4.92 Å². The summed E-state index contributed by atoms with van der Waals surface area (Å²) >= 11 is 0. The highest BCUT2D eigenvalue weighted by Gasteiger charge is 2.36. The molecular weight excluding hydrogens is 262 g/mol. The lowest BCUT2D eigenvalue weighted by Gasteiger charge is -2.26. The SMILES string of the molecule is CNc1nc(C)c([N+](=O)[O-])c(N2CCC(C)C2CO)n1. The van der Waals surface area contributed by atoms with Crippen LogP contribution in [0.1, 0.15) is 19.0 Å². The molecule has 1 saturated heterocycles. The maximum absolute atomic E-state index is 11.3. The largest absolute Gasteiger partial charge is 0.394 e. The number of hydrogen-bond donors (Lipinski definition) is 2. The lowest BCUT2D eigenvalue weighted by molar-refractivity contribution is -0.385. The fourth-order valence-corrected chi connectivity index (χ4v) is 2.63. The van der Waals surface area contributed by atoms with E-state index in [2.05, 4.69) is 15.3 Å². The molecule has 1 aliphatic rings. The Kier molecular flexibility index (Phi) is 4.03. The Morgan fingerprint density at radius 1 is 1.55 bits per heavy atom. The first-order valence-corrected chi connectivity index (χ1v) is 6.57. The molecule has 20 heavy (non-hydrogen) atoms. The molecule has 2 unspecified atom stereocenters. The lowest BCUT2D eigenvalue weighted by Crippen LogP contribution is -2.36. The summed E-state index contributed by atoms with van der Waals surface area (Å²) in [7, 11) is 1.67. The number of nitrogens with zero attached hydrogens (tertiary/aromatic N) is 4. The van der Waals surface area contributed by atoms with E-state index in [1.165, 1.54) is 0 Å². The Hall–Kier alpha value is -1.96. The van der Waals surface area contributed by atoms with Gasteiger partial charge in [-0.2, -0.15) is 4.98 Å². The van der Waals surface area contributed by atoms with Crippen molar-refractivity contribution < 1.29 is 10.0 Å². The fourth-order valence-electron chi connectivity index (χ4n) is 2.63. The topological polar surface area (TPSA) is 104 Å². The fraction of sp³-hybridized carbons (Fsp3) is 0.667. The number of nitrogens with one attached hydrogen (secondary N) is 1. The first-order chi connectivity index (χ1) is 9.49. The summed E-state index contributed by atoms with van der Waals surface area (Å²) in [4.78, 5) is 21.0. The van der Waals surface area contributed by atoms with E-state index in [1.807, 2.05) is 11.8 Å². The second-order valence-electron chi connectivity index (χ2n) is 5.02. The predicted octanol–water partition coefficient (Wildman–Crippen LogP) is 0.942. The van der Waals surface area contributed by atoms with Gasteiger partial charge < -0.3 is 15.3 Å². The van der Waals surface area contributed by atoms with Gasteiger partial charge >= 0.3 is 5.69 Å². The Labute approximate surface area is 117 Å². The first-order valence-electron chi connectivity index (χ1n) is 6.57. The number of rotatable bonds is 4. The molecule has 2 rings (SSSR count). The van der Waals surface area contributed by atoms with Crippen molar-refractivity contribution in [2.45, 2.75) is 26.3 Å². The van der Waals surface area contributed by atoms with Crippen molar-refractivity contribution in [2.75, 3.05) is 30.4 Å². The van der Waals surface area contributed by atoms with Crippen LogP contribution in [0.3, 0.4) is 0 Å². The zero-order chi connectivity index (χ0) is 14.9. The van der Waals surface area contributed by atoms with Gasteiger partial charge in [-0.15, -0.1) is 0 Å². The van der Waals surface area contributed by atoms with Crippen LogP contribution in [0.25, 0.3) is 0 Å². The average Bonchev–Trinajstić information content (AvgIpc) is 2.78. The molecule has 0 saturated carbocycles. The molecule has 0 radical (unpaired) electrons. The molecule has 0 aromatic carbocycles. The van der Waals surface area contributed by atoms with E-state index >= 15 is 0 Å². The van der Waals surface area contributed by atoms with Crippen molar-refractivity contribution in [2.24, 2.45) is 5.92 Å². The molecule has 8 nitrogen and oxygen atoms in total. The Bertz CT molecular complexity index is 522. The number of aromatic nitrogens is 2. The smallest absolute Gasteiger partial charge is 0.332 e. The minimum atomic E-state index is -0.457. The van der Waals surface area contributed by atoms with Crippen molar-refractivity contribution in [1.29, 1.82) is 0 Å². The molecule has 8 heteroatoms. The Morgan fingerprint density at radius 3 is 2.80 bits per heavy atom. The molecule has 1 aromatic rings. The Morgan fingerprint density at radius 2 is 2.25 bits per heavy atom. The summed E-state index contributed by atoms with van der Waals surface area (Å²) in [6, 6.07) is -0.146. The molecule has 2 heterocycles. The van der Waals surface area contributed by atoms with Crippen molar-refractivity contribution in [3.05, 3.63) is 15.8 Å². The van der Waals surface area contributed by atoms with Crippen molar-refractivity contribution in [3.63, 3.8) is 0 Å². The highest BCUT2D eigenvalue weighted by atomic mass is 16.6. The minimum absolute atomic E-state index is 0.0454. The molecule has 1 aromatic heterocycles. The number of aliphatic hydroxyl groups excluding tert-OH is 1. The van der Waals surface area contributed by atoms with Crippen LogP contribution in [-0.2, 0) is 0 Å². The van der Waals surface area contributed by atoms with E-state index in [-0.39, 0.29) is 30.1 Å². The van der Waals surface area contributed by atoms with Crippen molar-refractivity contribution >= 4 is 17.5 Å². The normalized spacial score (nSPS) is 22.1. The lowest BCUT2D eigenvalue weighted by atomic mass is 10.0. The first kappa shape index (κ1) is 14.4. The minimum Gasteiger partial charge on any atom is -0.394 e. The molecule has 110 valence electrons. The number of hydrogen-bond acceptors (Lipinski definition) is 7. The van der Waals surface area contributed by atoms with Crippen LogP contribution in [0.2, 0.25) is 0 Å². The summed E-state index contributed by atoms with van der Waals surface area (Å²) < 4.78 is 0. The average molecular weight is 281 g/mol. The van der Waals surface area contributed by atoms with E-state index in [1.54, 1.807) is 14.0 Å². The van der Waals surface area contributed by atoms with Crippen LogP contribution in [0.15, 0.2) is 0 Å². The quantitative estimate of drug-likeness (QED) is 0.625. The zero-order valence-electron chi connectivity index (χ0n) is 11.8. The number of nitro groups is 1. The predicted molar refractivity (Wildman–Crippen MR) is 75.0 cm³/mol. The van der Waals surface area contributed by atoms with Crippen LogP contribution in [-0.4, -0.2) is 46.2 Å². The summed E-state index contributed by atoms with van der Waals surface area (Å²) in [6.45, 7) is 4.22. The van der Waals surface area contributed by atoms with Gasteiger partial charge in [0.15, 0.2) is 0 Å². The molecule has 0 amide bonds. The monoisotopic (exact) mass is 281 g/mol. The summed E-state index contributed by atoms with van der Waals surface area (Å²) in [6.07, 6.45) is 0.875. The van der Waals surface area contributed by atoms with Crippen LogP contribution in [0.4, 0.5) is 17.5 Å². The Balaban J connectivity index is 2.54. The molecule has 0 aliphatic carbocycles. The maximum Gasteiger partial charge on any atom is 0.332 e. The number of anilines is 2. The van der Waals surface area contributed by atoms with Gasteiger partial charge in [-0.05, 0) is 19.3 Å². The van der Waals surface area contributed by atoms with Crippen LogP contribution < -0.4 is 10.2 Å². The summed E-state index contributed by atoms with van der Waals surface area (Å²) in [5, 5.41) is 23.6. The standard InChI is InChI=1S/C12H19N5O3/c1-7-4-5-16(9(7)6-18)11-10(17(19)20)8(2)14-12(13-3)15-11/h7,9,18H,4-6H2,1-3H3,(H,13,14,15). The molecule has 1 fully saturated rings. The third-order valence-corrected chi connectivity index (χ3v) is 3.79. The zero-order valence-corrected chi connectivity index (χ0v) is 11.8. The third-order valence-electron chi connectivity index (χ3n) is 3.79.